The Labute approximate surface area is 326 Å². The Morgan fingerprint density at radius 3 is 1.71 bits per heavy atom. The van der Waals surface area contributed by atoms with Crippen LogP contribution in [0.15, 0.2) is 152 Å². The third kappa shape index (κ3) is 5.39. The van der Waals surface area contributed by atoms with E-state index < -0.39 is 5.41 Å². The number of aromatic nitrogens is 2. The summed E-state index contributed by atoms with van der Waals surface area (Å²) in [4.78, 5) is 12.4. The highest BCUT2D eigenvalue weighted by Crippen LogP contribution is 2.58. The molecule has 7 aromatic rings. The third-order valence-corrected chi connectivity index (χ3v) is 12.1. The highest BCUT2D eigenvalue weighted by atomic mass is 15.2. The van der Waals surface area contributed by atoms with E-state index in [0.29, 0.717) is 0 Å². The van der Waals surface area contributed by atoms with E-state index >= 15 is 0 Å². The average molecular weight is 716 g/mol. The van der Waals surface area contributed by atoms with Crippen LogP contribution in [0.5, 0.6) is 0 Å². The van der Waals surface area contributed by atoms with E-state index in [4.69, 9.17) is 9.97 Å². The van der Waals surface area contributed by atoms with Crippen LogP contribution < -0.4 is 4.90 Å². The molecule has 0 bridgehead atoms. The van der Waals surface area contributed by atoms with Crippen LogP contribution in [0.2, 0.25) is 0 Å². The molecule has 9 rings (SSSR count). The third-order valence-electron chi connectivity index (χ3n) is 12.1. The number of fused-ring (bicyclic) bond motifs is 5. The Hall–Kier alpha value is -5.80. The zero-order valence-electron chi connectivity index (χ0n) is 33.3. The molecule has 1 aliphatic heterocycles. The molecule has 0 spiro atoms. The number of hydrogen-bond donors (Lipinski definition) is 0. The first kappa shape index (κ1) is 34.9. The first-order chi connectivity index (χ1) is 26.3. The van der Waals surface area contributed by atoms with Crippen molar-refractivity contribution in [1.29, 1.82) is 0 Å². The van der Waals surface area contributed by atoms with E-state index in [2.05, 4.69) is 188 Å². The summed E-state index contributed by atoms with van der Waals surface area (Å²) in [6.45, 7) is 18.5. The van der Waals surface area contributed by atoms with Crippen LogP contribution in [0.1, 0.15) is 100 Å². The van der Waals surface area contributed by atoms with Crippen LogP contribution in [0.25, 0.3) is 22.4 Å². The number of pyridine rings is 2. The van der Waals surface area contributed by atoms with Crippen molar-refractivity contribution < 1.29 is 0 Å². The Kier molecular flexibility index (Phi) is 7.85. The van der Waals surface area contributed by atoms with Crippen molar-refractivity contribution in [3.8, 4) is 22.4 Å². The lowest BCUT2D eigenvalue weighted by atomic mass is 9.69. The van der Waals surface area contributed by atoms with Gasteiger partial charge in [0.2, 0.25) is 0 Å². The average Bonchev–Trinajstić information content (AvgIpc) is 3.48. The fraction of sp³-hybridized carbons (Fsp3) is 0.231. The van der Waals surface area contributed by atoms with Crippen molar-refractivity contribution in [3.63, 3.8) is 0 Å². The van der Waals surface area contributed by atoms with Crippen molar-refractivity contribution >= 4 is 17.1 Å². The van der Waals surface area contributed by atoms with Gasteiger partial charge in [-0.25, -0.2) is 0 Å². The van der Waals surface area contributed by atoms with Gasteiger partial charge in [0.1, 0.15) is 0 Å². The predicted octanol–water partition coefficient (Wildman–Crippen LogP) is 13.2. The van der Waals surface area contributed by atoms with Crippen LogP contribution in [-0.2, 0) is 21.7 Å². The van der Waals surface area contributed by atoms with Crippen LogP contribution in [0, 0.1) is 0 Å². The Morgan fingerprint density at radius 2 is 1.09 bits per heavy atom. The second-order valence-corrected chi connectivity index (χ2v) is 18.0. The first-order valence-corrected chi connectivity index (χ1v) is 19.6. The quantitative estimate of drug-likeness (QED) is 0.182. The van der Waals surface area contributed by atoms with Gasteiger partial charge in [-0.1, -0.05) is 146 Å². The van der Waals surface area contributed by atoms with Gasteiger partial charge >= 0.3 is 0 Å². The lowest BCUT2D eigenvalue weighted by molar-refractivity contribution is 0.589. The molecule has 0 atom stereocenters. The van der Waals surface area contributed by atoms with Gasteiger partial charge < -0.3 is 4.90 Å². The van der Waals surface area contributed by atoms with Crippen molar-refractivity contribution in [2.24, 2.45) is 0 Å². The Morgan fingerprint density at radius 1 is 0.491 bits per heavy atom. The molecule has 0 radical (unpaired) electrons. The molecule has 0 saturated heterocycles. The van der Waals surface area contributed by atoms with E-state index in [1.165, 1.54) is 61.4 Å². The maximum absolute atomic E-state index is 5.21. The van der Waals surface area contributed by atoms with Gasteiger partial charge in [0.15, 0.2) is 0 Å². The summed E-state index contributed by atoms with van der Waals surface area (Å²) < 4.78 is 0. The molecule has 0 N–H and O–H groups in total. The maximum Gasteiger partial charge on any atom is 0.0886 e. The summed E-state index contributed by atoms with van der Waals surface area (Å²) in [6.07, 6.45) is 3.82. The zero-order chi connectivity index (χ0) is 38.3. The Bertz CT molecular complexity index is 2520. The molecule has 272 valence electrons. The second-order valence-electron chi connectivity index (χ2n) is 18.0. The first-order valence-electron chi connectivity index (χ1n) is 19.6. The standard InChI is InChI=1S/C52H49N3/c1-49(2,3)35-23-26-41-39(32-35)40-33-36(50(4,5)6)24-27-42(40)52(41,48-21-12-14-29-54-48)37-16-15-17-38(31-37)55-46-20-10-9-18-43(46)51(7,8)44-25-22-34(30-47(44)55)45-19-11-13-28-53-45/h9-33H,1-8H3. The summed E-state index contributed by atoms with van der Waals surface area (Å²) in [5.74, 6) is 0. The Balaban J connectivity index is 1.33. The zero-order valence-corrected chi connectivity index (χ0v) is 33.3. The number of para-hydroxylation sites is 1. The molecule has 5 aromatic carbocycles. The summed E-state index contributed by atoms with van der Waals surface area (Å²) in [5.41, 5.74) is 17.3. The molecule has 1 aliphatic carbocycles. The maximum atomic E-state index is 5.21. The lowest BCUT2D eigenvalue weighted by Gasteiger charge is -2.42. The number of hydrogen-bond acceptors (Lipinski definition) is 3. The molecular formula is C52H49N3. The second kappa shape index (κ2) is 12.4. The molecule has 2 aromatic heterocycles. The van der Waals surface area contributed by atoms with Gasteiger partial charge in [0.25, 0.3) is 0 Å². The highest BCUT2D eigenvalue weighted by molar-refractivity contribution is 5.90. The molecule has 0 amide bonds. The van der Waals surface area contributed by atoms with Crippen molar-refractivity contribution in [3.05, 3.63) is 197 Å². The van der Waals surface area contributed by atoms with E-state index in [-0.39, 0.29) is 16.2 Å². The SMILES string of the molecule is CC(C)(C)c1ccc2c(c1)-c1cc(C(C)(C)C)ccc1C2(c1cccc(N2c3ccccc3C(C)(C)c3ccc(-c4ccccn4)cc32)c1)c1ccccn1. The molecule has 55 heavy (non-hydrogen) atoms. The van der Waals surface area contributed by atoms with Crippen LogP contribution >= 0.6 is 0 Å². The monoisotopic (exact) mass is 715 g/mol. The smallest absolute Gasteiger partial charge is 0.0886 e. The molecule has 0 fully saturated rings. The van der Waals surface area contributed by atoms with Gasteiger partial charge in [0.05, 0.1) is 28.2 Å². The topological polar surface area (TPSA) is 29.0 Å². The minimum Gasteiger partial charge on any atom is -0.310 e. The normalized spacial score (nSPS) is 15.2. The molecule has 3 heterocycles. The van der Waals surface area contributed by atoms with Gasteiger partial charge in [0, 0.05) is 29.1 Å². The predicted molar refractivity (Wildman–Crippen MR) is 229 cm³/mol. The fourth-order valence-corrected chi connectivity index (χ4v) is 9.15. The molecule has 0 unspecified atom stereocenters. The molecule has 0 saturated carbocycles. The molecular weight excluding hydrogens is 667 g/mol. The van der Waals surface area contributed by atoms with E-state index in [1.54, 1.807) is 0 Å². The van der Waals surface area contributed by atoms with Crippen LogP contribution in [-0.4, -0.2) is 9.97 Å². The van der Waals surface area contributed by atoms with Gasteiger partial charge in [-0.05, 0) is 109 Å². The number of nitrogens with zero attached hydrogens (tertiary/aromatic N) is 3. The van der Waals surface area contributed by atoms with Crippen molar-refractivity contribution in [2.45, 2.75) is 77.0 Å². The lowest BCUT2D eigenvalue weighted by Crippen LogP contribution is -2.32. The van der Waals surface area contributed by atoms with E-state index in [9.17, 15) is 0 Å². The summed E-state index contributed by atoms with van der Waals surface area (Å²) in [7, 11) is 0. The van der Waals surface area contributed by atoms with Gasteiger partial charge in [-0.3, -0.25) is 9.97 Å². The summed E-state index contributed by atoms with van der Waals surface area (Å²) in [6, 6.07) is 51.9. The molecule has 3 heteroatoms. The number of rotatable bonds is 4. The van der Waals surface area contributed by atoms with Crippen LogP contribution in [0.4, 0.5) is 17.1 Å². The molecule has 2 aliphatic rings. The highest BCUT2D eigenvalue weighted by Gasteiger charge is 2.48. The van der Waals surface area contributed by atoms with E-state index in [0.717, 1.165) is 22.6 Å². The van der Waals surface area contributed by atoms with Crippen molar-refractivity contribution in [1.82, 2.24) is 9.97 Å². The number of anilines is 3. The largest absolute Gasteiger partial charge is 0.310 e. The van der Waals surface area contributed by atoms with E-state index in [1.807, 2.05) is 24.5 Å². The molecule has 3 nitrogen and oxygen atoms in total. The summed E-state index contributed by atoms with van der Waals surface area (Å²) >= 11 is 0. The minimum atomic E-state index is -0.637. The van der Waals surface area contributed by atoms with Crippen LogP contribution in [0.3, 0.4) is 0 Å². The van der Waals surface area contributed by atoms with Crippen molar-refractivity contribution in [2.75, 3.05) is 4.90 Å². The van der Waals surface area contributed by atoms with Gasteiger partial charge in [-0.2, -0.15) is 0 Å². The number of benzene rings is 5. The fourth-order valence-electron chi connectivity index (χ4n) is 9.15. The van der Waals surface area contributed by atoms with Gasteiger partial charge in [-0.15, -0.1) is 0 Å². The summed E-state index contributed by atoms with van der Waals surface area (Å²) in [5, 5.41) is 0. The minimum absolute atomic E-state index is 0.00391.